The Morgan fingerprint density at radius 3 is 2.81 bits per heavy atom. The van der Waals surface area contributed by atoms with Crippen LogP contribution in [0.4, 0.5) is 4.39 Å². The lowest BCUT2D eigenvalue weighted by Crippen LogP contribution is -2.46. The Balaban J connectivity index is 1.12. The van der Waals surface area contributed by atoms with E-state index in [1.807, 2.05) is 0 Å². The molecule has 2 aromatic carbocycles. The van der Waals surface area contributed by atoms with Crippen LogP contribution in [0.15, 0.2) is 65.3 Å². The van der Waals surface area contributed by atoms with E-state index in [-0.39, 0.29) is 11.4 Å². The summed E-state index contributed by atoms with van der Waals surface area (Å²) in [7, 11) is 0. The highest BCUT2D eigenvalue weighted by atomic mass is 19.1. The highest BCUT2D eigenvalue weighted by Crippen LogP contribution is 2.41. The summed E-state index contributed by atoms with van der Waals surface area (Å²) >= 11 is 0. The molecule has 2 aliphatic rings. The number of para-hydroxylation sites is 1. The van der Waals surface area contributed by atoms with Gasteiger partial charge < -0.3 is 18.7 Å². The summed E-state index contributed by atoms with van der Waals surface area (Å²) in [6.45, 7) is 3.86. The first-order valence-electron chi connectivity index (χ1n) is 11.4. The van der Waals surface area contributed by atoms with E-state index in [0.717, 1.165) is 68.7 Å². The summed E-state index contributed by atoms with van der Waals surface area (Å²) < 4.78 is 27.7. The molecule has 6 heteroatoms. The zero-order chi connectivity index (χ0) is 21.5. The van der Waals surface area contributed by atoms with E-state index in [0.29, 0.717) is 5.58 Å². The van der Waals surface area contributed by atoms with Crippen LogP contribution in [0.5, 0.6) is 5.75 Å². The molecule has 4 heterocycles. The number of likely N-dealkylation sites (tertiary alicyclic amines) is 1. The number of rotatable bonds is 4. The van der Waals surface area contributed by atoms with Crippen LogP contribution < -0.4 is 4.74 Å². The fourth-order valence-electron chi connectivity index (χ4n) is 5.26. The van der Waals surface area contributed by atoms with E-state index >= 15 is 0 Å². The molecule has 1 saturated heterocycles. The van der Waals surface area contributed by atoms with Crippen LogP contribution in [0, 0.1) is 5.82 Å². The van der Waals surface area contributed by atoms with Gasteiger partial charge in [0.1, 0.15) is 11.6 Å². The first kappa shape index (κ1) is 19.6. The molecule has 32 heavy (non-hydrogen) atoms. The Morgan fingerprint density at radius 2 is 1.91 bits per heavy atom. The number of aromatic nitrogens is 2. The maximum atomic E-state index is 13.4. The molecule has 0 saturated carbocycles. The number of nitrogens with zero attached hydrogens (tertiary/aromatic N) is 3. The fourth-order valence-corrected chi connectivity index (χ4v) is 5.26. The first-order chi connectivity index (χ1) is 15.7. The van der Waals surface area contributed by atoms with Crippen molar-refractivity contribution in [3.63, 3.8) is 0 Å². The Bertz CT molecular complexity index is 1250. The Morgan fingerprint density at radius 1 is 1.03 bits per heavy atom. The van der Waals surface area contributed by atoms with Gasteiger partial charge in [0.05, 0.1) is 17.9 Å². The molecule has 0 bridgehead atoms. The maximum absolute atomic E-state index is 13.4. The highest BCUT2D eigenvalue weighted by Gasteiger charge is 2.42. The van der Waals surface area contributed by atoms with Gasteiger partial charge >= 0.3 is 0 Å². The van der Waals surface area contributed by atoms with Gasteiger partial charge in [-0.25, -0.2) is 4.39 Å². The lowest BCUT2D eigenvalue weighted by atomic mass is 9.87. The molecule has 4 aromatic rings. The summed E-state index contributed by atoms with van der Waals surface area (Å²) in [6, 6.07) is 17.4. The fraction of sp³-hybridized carbons (Fsp3) is 0.346. The molecule has 0 N–H and O–H groups in total. The van der Waals surface area contributed by atoms with Crippen LogP contribution in [-0.2, 0) is 18.6 Å². The SMILES string of the molecule is Fc1ccc2c(CCCN3CCC4(CC3)Oc3ccccc3Cn3cccc34)noc2c1. The Kier molecular flexibility index (Phi) is 4.76. The Labute approximate surface area is 186 Å². The second kappa shape index (κ2) is 7.78. The summed E-state index contributed by atoms with van der Waals surface area (Å²) in [5, 5.41) is 5.07. The molecule has 1 spiro atoms. The monoisotopic (exact) mass is 431 g/mol. The molecule has 2 aromatic heterocycles. The standard InChI is InChI=1S/C26H26FN3O2/c27-20-9-10-21-22(28-32-24(21)17-20)6-3-13-29-15-11-26(12-16-29)25-8-4-14-30(25)18-19-5-1-2-7-23(19)31-26/h1-2,4-5,7-10,14,17H,3,6,11-13,15-16,18H2. The lowest BCUT2D eigenvalue weighted by Gasteiger charge is -2.41. The molecule has 5 nitrogen and oxygen atoms in total. The molecule has 0 amide bonds. The van der Waals surface area contributed by atoms with Crippen molar-refractivity contribution >= 4 is 11.0 Å². The number of fused-ring (bicyclic) bond motifs is 4. The van der Waals surface area contributed by atoms with Gasteiger partial charge in [-0.2, -0.15) is 0 Å². The van der Waals surface area contributed by atoms with Gasteiger partial charge in [-0.15, -0.1) is 0 Å². The number of hydrogen-bond donors (Lipinski definition) is 0. The smallest absolute Gasteiger partial charge is 0.170 e. The normalized spacial score (nSPS) is 17.7. The zero-order valence-corrected chi connectivity index (χ0v) is 18.0. The molecular formula is C26H26FN3O2. The summed E-state index contributed by atoms with van der Waals surface area (Å²) in [6.07, 6.45) is 5.93. The second-order valence-electron chi connectivity index (χ2n) is 8.94. The van der Waals surface area contributed by atoms with Gasteiger partial charge in [0.2, 0.25) is 0 Å². The molecule has 1 fully saturated rings. The predicted molar refractivity (Wildman–Crippen MR) is 120 cm³/mol. The molecule has 164 valence electrons. The topological polar surface area (TPSA) is 43.4 Å². The average molecular weight is 432 g/mol. The third-order valence-corrected chi connectivity index (χ3v) is 6.98. The van der Waals surface area contributed by atoms with Crippen molar-refractivity contribution in [3.8, 4) is 5.75 Å². The van der Waals surface area contributed by atoms with Gasteiger partial charge in [0.25, 0.3) is 0 Å². The lowest BCUT2D eigenvalue weighted by molar-refractivity contribution is -0.00618. The number of benzene rings is 2. The van der Waals surface area contributed by atoms with E-state index in [9.17, 15) is 4.39 Å². The van der Waals surface area contributed by atoms with Crippen LogP contribution in [0.3, 0.4) is 0 Å². The van der Waals surface area contributed by atoms with E-state index < -0.39 is 0 Å². The third kappa shape index (κ3) is 3.39. The van der Waals surface area contributed by atoms with Crippen LogP contribution >= 0.6 is 0 Å². The van der Waals surface area contributed by atoms with Crippen LogP contribution in [0.1, 0.15) is 36.2 Å². The quantitative estimate of drug-likeness (QED) is 0.449. The number of hydrogen-bond acceptors (Lipinski definition) is 4. The van der Waals surface area contributed by atoms with E-state index in [4.69, 9.17) is 9.26 Å². The molecule has 0 aliphatic carbocycles. The number of aryl methyl sites for hydroxylation is 1. The van der Waals surface area contributed by atoms with Gasteiger partial charge in [0, 0.05) is 49.1 Å². The van der Waals surface area contributed by atoms with Crippen molar-refractivity contribution < 1.29 is 13.7 Å². The van der Waals surface area contributed by atoms with Crippen molar-refractivity contribution in [2.75, 3.05) is 19.6 Å². The molecule has 0 unspecified atom stereocenters. The molecule has 2 aliphatic heterocycles. The minimum Gasteiger partial charge on any atom is -0.481 e. The van der Waals surface area contributed by atoms with Crippen molar-refractivity contribution in [1.82, 2.24) is 14.6 Å². The summed E-state index contributed by atoms with van der Waals surface area (Å²) in [5.41, 5.74) is 3.70. The van der Waals surface area contributed by atoms with E-state index in [1.54, 1.807) is 6.07 Å². The highest BCUT2D eigenvalue weighted by molar-refractivity contribution is 5.79. The third-order valence-electron chi connectivity index (χ3n) is 6.98. The minimum absolute atomic E-state index is 0.265. The van der Waals surface area contributed by atoms with E-state index in [1.165, 1.54) is 23.4 Å². The molecule has 6 rings (SSSR count). The zero-order valence-electron chi connectivity index (χ0n) is 18.0. The summed E-state index contributed by atoms with van der Waals surface area (Å²) in [4.78, 5) is 2.51. The van der Waals surface area contributed by atoms with Gasteiger partial charge in [-0.3, -0.25) is 0 Å². The van der Waals surface area contributed by atoms with Crippen LogP contribution in [0.25, 0.3) is 11.0 Å². The van der Waals surface area contributed by atoms with Crippen LogP contribution in [-0.4, -0.2) is 34.3 Å². The number of ether oxygens (including phenoxy) is 1. The van der Waals surface area contributed by atoms with Crippen molar-refractivity contribution in [2.45, 2.75) is 37.8 Å². The first-order valence-corrected chi connectivity index (χ1v) is 11.4. The van der Waals surface area contributed by atoms with Crippen LogP contribution in [0.2, 0.25) is 0 Å². The second-order valence-corrected chi connectivity index (χ2v) is 8.94. The van der Waals surface area contributed by atoms with Crippen molar-refractivity contribution in [3.05, 3.63) is 83.6 Å². The van der Waals surface area contributed by atoms with Crippen molar-refractivity contribution in [1.29, 1.82) is 0 Å². The Hall–Kier alpha value is -3.12. The predicted octanol–water partition coefficient (Wildman–Crippen LogP) is 5.13. The average Bonchev–Trinajstić information content (AvgIpc) is 3.41. The molecule has 0 radical (unpaired) electrons. The van der Waals surface area contributed by atoms with E-state index in [2.05, 4.69) is 57.2 Å². The number of piperidine rings is 1. The van der Waals surface area contributed by atoms with Crippen molar-refractivity contribution in [2.24, 2.45) is 0 Å². The maximum Gasteiger partial charge on any atom is 0.170 e. The largest absolute Gasteiger partial charge is 0.481 e. The van der Waals surface area contributed by atoms with Gasteiger partial charge in [-0.05, 0) is 49.7 Å². The minimum atomic E-state index is -0.294. The van der Waals surface area contributed by atoms with Gasteiger partial charge in [0.15, 0.2) is 11.2 Å². The molecule has 0 atom stereocenters. The molecular weight excluding hydrogens is 405 g/mol. The van der Waals surface area contributed by atoms with Gasteiger partial charge in [-0.1, -0.05) is 23.4 Å². The number of halogens is 1. The summed E-state index contributed by atoms with van der Waals surface area (Å²) in [5.74, 6) is 0.718.